The van der Waals surface area contributed by atoms with E-state index in [1.54, 1.807) is 0 Å². The molecule has 1 heteroatoms. The number of hydrogen-bond acceptors (Lipinski definition) is 1. The van der Waals surface area contributed by atoms with Crippen LogP contribution in [0.3, 0.4) is 0 Å². The van der Waals surface area contributed by atoms with Crippen LogP contribution in [0.4, 0.5) is 0 Å². The number of nitriles is 1. The quantitative estimate of drug-likeness (QED) is 0.769. The molecule has 0 heterocycles. The topological polar surface area (TPSA) is 23.8 Å². The zero-order chi connectivity index (χ0) is 13.1. The molecule has 0 aromatic heterocycles. The molecule has 0 saturated carbocycles. The Labute approximate surface area is 109 Å². The van der Waals surface area contributed by atoms with Gasteiger partial charge in [-0.1, -0.05) is 30.3 Å². The standard InChI is InChI=1S/C17H17N/c1-12-4-6-15(8-14(12)3)9-16-7-5-13(2)17(10-16)11-18/h4-8,10H,9H2,1-3H3. The summed E-state index contributed by atoms with van der Waals surface area (Å²) in [6.45, 7) is 6.23. The molecule has 0 aliphatic carbocycles. The molecule has 1 nitrogen and oxygen atoms in total. The summed E-state index contributed by atoms with van der Waals surface area (Å²) in [5.41, 5.74) is 6.95. The van der Waals surface area contributed by atoms with Crippen LogP contribution in [0.25, 0.3) is 0 Å². The van der Waals surface area contributed by atoms with Crippen molar-refractivity contribution in [3.8, 4) is 6.07 Å². The van der Waals surface area contributed by atoms with Crippen molar-refractivity contribution < 1.29 is 0 Å². The van der Waals surface area contributed by atoms with E-state index in [2.05, 4.69) is 44.2 Å². The van der Waals surface area contributed by atoms with Crippen molar-refractivity contribution in [2.75, 3.05) is 0 Å². The fourth-order valence-corrected chi connectivity index (χ4v) is 2.05. The van der Waals surface area contributed by atoms with E-state index >= 15 is 0 Å². The SMILES string of the molecule is Cc1ccc(Cc2ccc(C)c(C#N)c2)cc1C. The molecule has 0 N–H and O–H groups in total. The van der Waals surface area contributed by atoms with E-state index < -0.39 is 0 Å². The Morgan fingerprint density at radius 3 is 2.06 bits per heavy atom. The number of benzene rings is 2. The van der Waals surface area contributed by atoms with Crippen LogP contribution in [0.1, 0.15) is 33.4 Å². The van der Waals surface area contributed by atoms with E-state index in [0.29, 0.717) is 0 Å². The molecule has 0 atom stereocenters. The highest BCUT2D eigenvalue weighted by Gasteiger charge is 2.02. The molecule has 2 rings (SSSR count). The lowest BCUT2D eigenvalue weighted by molar-refractivity contribution is 1.16. The molecule has 0 unspecified atom stereocenters. The largest absolute Gasteiger partial charge is 0.192 e. The molecule has 0 aliphatic heterocycles. The van der Waals surface area contributed by atoms with Crippen LogP contribution < -0.4 is 0 Å². The lowest BCUT2D eigenvalue weighted by atomic mass is 9.98. The Hall–Kier alpha value is -2.07. The van der Waals surface area contributed by atoms with E-state index in [-0.39, 0.29) is 0 Å². The molecule has 0 aliphatic rings. The molecule has 0 bridgehead atoms. The smallest absolute Gasteiger partial charge is 0.0994 e. The van der Waals surface area contributed by atoms with Gasteiger partial charge in [0.1, 0.15) is 0 Å². The highest BCUT2D eigenvalue weighted by atomic mass is 14.2. The third-order valence-corrected chi connectivity index (χ3v) is 3.40. The molecule has 18 heavy (non-hydrogen) atoms. The molecule has 0 amide bonds. The Morgan fingerprint density at radius 1 is 0.833 bits per heavy atom. The van der Waals surface area contributed by atoms with E-state index in [1.807, 2.05) is 19.1 Å². The summed E-state index contributed by atoms with van der Waals surface area (Å²) < 4.78 is 0. The summed E-state index contributed by atoms with van der Waals surface area (Å²) in [4.78, 5) is 0. The summed E-state index contributed by atoms with van der Waals surface area (Å²) in [5, 5.41) is 9.04. The molecule has 0 saturated heterocycles. The first-order valence-electron chi connectivity index (χ1n) is 6.16. The van der Waals surface area contributed by atoms with Crippen LogP contribution in [0, 0.1) is 32.1 Å². The lowest BCUT2D eigenvalue weighted by Gasteiger charge is -2.07. The second-order valence-electron chi connectivity index (χ2n) is 4.86. The van der Waals surface area contributed by atoms with Crippen molar-refractivity contribution in [1.82, 2.24) is 0 Å². The van der Waals surface area contributed by atoms with Crippen molar-refractivity contribution in [3.63, 3.8) is 0 Å². The predicted molar refractivity (Wildman–Crippen MR) is 74.6 cm³/mol. The zero-order valence-corrected chi connectivity index (χ0v) is 11.1. The second kappa shape index (κ2) is 5.06. The third kappa shape index (κ3) is 2.60. The number of aryl methyl sites for hydroxylation is 3. The van der Waals surface area contributed by atoms with Gasteiger partial charge in [-0.25, -0.2) is 0 Å². The normalized spacial score (nSPS) is 10.1. The highest BCUT2D eigenvalue weighted by molar-refractivity contribution is 5.42. The molecule has 0 spiro atoms. The average Bonchev–Trinajstić information content (AvgIpc) is 2.36. The maximum absolute atomic E-state index is 9.04. The van der Waals surface area contributed by atoms with Gasteiger partial charge < -0.3 is 0 Å². The summed E-state index contributed by atoms with van der Waals surface area (Å²) in [6.07, 6.45) is 0.885. The maximum atomic E-state index is 9.04. The minimum Gasteiger partial charge on any atom is -0.192 e. The van der Waals surface area contributed by atoms with Gasteiger partial charge in [-0.3, -0.25) is 0 Å². The Balaban J connectivity index is 2.29. The minimum absolute atomic E-state index is 0.774. The van der Waals surface area contributed by atoms with Crippen LogP contribution in [0.15, 0.2) is 36.4 Å². The maximum Gasteiger partial charge on any atom is 0.0994 e. The van der Waals surface area contributed by atoms with Crippen molar-refractivity contribution in [3.05, 3.63) is 69.8 Å². The lowest BCUT2D eigenvalue weighted by Crippen LogP contribution is -1.92. The van der Waals surface area contributed by atoms with Gasteiger partial charge in [-0.05, 0) is 61.1 Å². The Bertz CT molecular complexity index is 618. The fraction of sp³-hybridized carbons (Fsp3) is 0.235. The van der Waals surface area contributed by atoms with Gasteiger partial charge in [0, 0.05) is 0 Å². The predicted octanol–water partition coefficient (Wildman–Crippen LogP) is 4.07. The van der Waals surface area contributed by atoms with Crippen molar-refractivity contribution >= 4 is 0 Å². The Morgan fingerprint density at radius 2 is 1.44 bits per heavy atom. The van der Waals surface area contributed by atoms with Crippen LogP contribution >= 0.6 is 0 Å². The van der Waals surface area contributed by atoms with Crippen LogP contribution in [0.5, 0.6) is 0 Å². The number of rotatable bonds is 2. The molecular weight excluding hydrogens is 218 g/mol. The van der Waals surface area contributed by atoms with Crippen LogP contribution in [-0.2, 0) is 6.42 Å². The highest BCUT2D eigenvalue weighted by Crippen LogP contribution is 2.16. The van der Waals surface area contributed by atoms with Gasteiger partial charge in [0.05, 0.1) is 11.6 Å². The second-order valence-corrected chi connectivity index (χ2v) is 4.86. The minimum atomic E-state index is 0.774. The van der Waals surface area contributed by atoms with E-state index in [1.165, 1.54) is 22.3 Å². The average molecular weight is 235 g/mol. The van der Waals surface area contributed by atoms with Crippen molar-refractivity contribution in [2.24, 2.45) is 0 Å². The fourth-order valence-electron chi connectivity index (χ4n) is 2.05. The van der Waals surface area contributed by atoms with Gasteiger partial charge in [0.2, 0.25) is 0 Å². The van der Waals surface area contributed by atoms with Crippen LogP contribution in [0.2, 0.25) is 0 Å². The zero-order valence-electron chi connectivity index (χ0n) is 11.1. The van der Waals surface area contributed by atoms with Gasteiger partial charge in [0.25, 0.3) is 0 Å². The van der Waals surface area contributed by atoms with Crippen molar-refractivity contribution in [1.29, 1.82) is 5.26 Å². The van der Waals surface area contributed by atoms with Gasteiger partial charge in [-0.2, -0.15) is 5.26 Å². The summed E-state index contributed by atoms with van der Waals surface area (Å²) in [6, 6.07) is 14.9. The molecule has 0 fully saturated rings. The summed E-state index contributed by atoms with van der Waals surface area (Å²) in [5.74, 6) is 0. The third-order valence-electron chi connectivity index (χ3n) is 3.40. The van der Waals surface area contributed by atoms with Gasteiger partial charge >= 0.3 is 0 Å². The Kier molecular flexibility index (Phi) is 3.48. The molecule has 2 aromatic rings. The van der Waals surface area contributed by atoms with E-state index in [0.717, 1.165) is 17.5 Å². The summed E-state index contributed by atoms with van der Waals surface area (Å²) in [7, 11) is 0. The first kappa shape index (κ1) is 12.4. The van der Waals surface area contributed by atoms with E-state index in [9.17, 15) is 0 Å². The number of nitrogens with zero attached hydrogens (tertiary/aromatic N) is 1. The number of hydrogen-bond donors (Lipinski definition) is 0. The molecule has 90 valence electrons. The van der Waals surface area contributed by atoms with Gasteiger partial charge in [-0.15, -0.1) is 0 Å². The molecular formula is C17H17N. The molecule has 0 radical (unpaired) electrons. The molecule has 2 aromatic carbocycles. The van der Waals surface area contributed by atoms with Crippen molar-refractivity contribution in [2.45, 2.75) is 27.2 Å². The first-order valence-corrected chi connectivity index (χ1v) is 6.16. The monoisotopic (exact) mass is 235 g/mol. The van der Waals surface area contributed by atoms with Crippen LogP contribution in [-0.4, -0.2) is 0 Å². The summed E-state index contributed by atoms with van der Waals surface area (Å²) >= 11 is 0. The first-order chi connectivity index (χ1) is 8.60. The van der Waals surface area contributed by atoms with E-state index in [4.69, 9.17) is 5.26 Å². The van der Waals surface area contributed by atoms with Gasteiger partial charge in [0.15, 0.2) is 0 Å².